The average Bonchev–Trinajstić information content (AvgIpc) is 3.08. The molecule has 1 heterocycles. The van der Waals surface area contributed by atoms with Gasteiger partial charge in [-0.1, -0.05) is 46.8 Å². The lowest BCUT2D eigenvalue weighted by Crippen LogP contribution is -2.47. The number of fused-ring (bicyclic) bond motifs is 3. The third kappa shape index (κ3) is 2.99. The van der Waals surface area contributed by atoms with Crippen LogP contribution in [0.3, 0.4) is 0 Å². The second-order valence-corrected chi connectivity index (χ2v) is 9.07. The number of rotatable bonds is 5. The largest absolute Gasteiger partial charge is 0.426 e. The molecule has 0 aromatic carbocycles. The van der Waals surface area contributed by atoms with E-state index in [0.29, 0.717) is 29.6 Å². The summed E-state index contributed by atoms with van der Waals surface area (Å²) in [5.41, 5.74) is 1.33. The lowest BCUT2D eigenvalue weighted by Gasteiger charge is -2.48. The molecule has 140 valence electrons. The molecule has 3 aliphatic rings. The highest BCUT2D eigenvalue weighted by atomic mass is 16.7. The van der Waals surface area contributed by atoms with Gasteiger partial charge in [0.2, 0.25) is 5.79 Å². The maximum Gasteiger partial charge on any atom is 0.333 e. The number of hydrogen-bond donors (Lipinski definition) is 0. The Kier molecular flexibility index (Phi) is 4.91. The first kappa shape index (κ1) is 18.7. The molecule has 0 bridgehead atoms. The van der Waals surface area contributed by atoms with E-state index in [1.54, 1.807) is 13.2 Å². The Morgan fingerprint density at radius 1 is 1.20 bits per heavy atom. The molecule has 3 nitrogen and oxygen atoms in total. The Morgan fingerprint density at radius 3 is 2.56 bits per heavy atom. The zero-order valence-corrected chi connectivity index (χ0v) is 16.7. The SMILES string of the molecule is CO[C@]12CC[C@]3(C)[C@@H]([C@H](C)/C=C/[C@H](C)C(C)C)CC[C@H]3C1=CC(=O)O2. The molecule has 2 saturated carbocycles. The van der Waals surface area contributed by atoms with E-state index in [1.807, 2.05) is 0 Å². The van der Waals surface area contributed by atoms with Crippen LogP contribution in [0.2, 0.25) is 0 Å². The quantitative estimate of drug-likeness (QED) is 0.512. The molecule has 3 heteroatoms. The molecule has 0 N–H and O–H groups in total. The van der Waals surface area contributed by atoms with Gasteiger partial charge in [0.1, 0.15) is 0 Å². The minimum absolute atomic E-state index is 0.229. The third-order valence-corrected chi connectivity index (χ3v) is 7.49. The first-order chi connectivity index (χ1) is 11.7. The zero-order chi connectivity index (χ0) is 18.4. The van der Waals surface area contributed by atoms with Crippen LogP contribution >= 0.6 is 0 Å². The molecule has 0 amide bonds. The Bertz CT molecular complexity index is 590. The van der Waals surface area contributed by atoms with E-state index < -0.39 is 5.79 Å². The molecular formula is C22H34O3. The predicted molar refractivity (Wildman–Crippen MR) is 99.8 cm³/mol. The van der Waals surface area contributed by atoms with Crippen LogP contribution in [-0.2, 0) is 14.3 Å². The fraction of sp³-hybridized carbons (Fsp3) is 0.773. The topological polar surface area (TPSA) is 35.5 Å². The summed E-state index contributed by atoms with van der Waals surface area (Å²) in [4.78, 5) is 11.9. The van der Waals surface area contributed by atoms with E-state index in [9.17, 15) is 4.79 Å². The van der Waals surface area contributed by atoms with Gasteiger partial charge in [0.25, 0.3) is 0 Å². The van der Waals surface area contributed by atoms with Gasteiger partial charge in [0.15, 0.2) is 0 Å². The van der Waals surface area contributed by atoms with Crippen molar-refractivity contribution in [1.82, 2.24) is 0 Å². The van der Waals surface area contributed by atoms with E-state index >= 15 is 0 Å². The maximum absolute atomic E-state index is 11.9. The lowest BCUT2D eigenvalue weighted by atomic mass is 9.60. The number of ether oxygens (including phenoxy) is 2. The maximum atomic E-state index is 11.9. The smallest absolute Gasteiger partial charge is 0.333 e. The average molecular weight is 347 g/mol. The van der Waals surface area contributed by atoms with Gasteiger partial charge in [-0.3, -0.25) is 0 Å². The van der Waals surface area contributed by atoms with Crippen molar-refractivity contribution in [2.45, 2.75) is 66.1 Å². The van der Waals surface area contributed by atoms with Crippen molar-refractivity contribution >= 4 is 5.97 Å². The summed E-state index contributed by atoms with van der Waals surface area (Å²) in [6.45, 7) is 11.6. The molecule has 0 radical (unpaired) electrons. The van der Waals surface area contributed by atoms with E-state index in [2.05, 4.69) is 46.8 Å². The Balaban J connectivity index is 1.81. The second kappa shape index (κ2) is 6.57. The summed E-state index contributed by atoms with van der Waals surface area (Å²) in [5.74, 6) is 1.90. The van der Waals surface area contributed by atoms with Crippen molar-refractivity contribution in [3.8, 4) is 0 Å². The normalized spacial score (nSPS) is 40.0. The van der Waals surface area contributed by atoms with Gasteiger partial charge in [-0.25, -0.2) is 4.79 Å². The lowest BCUT2D eigenvalue weighted by molar-refractivity contribution is -0.208. The third-order valence-electron chi connectivity index (χ3n) is 7.49. The highest BCUT2D eigenvalue weighted by molar-refractivity contribution is 5.86. The molecule has 1 aliphatic heterocycles. The van der Waals surface area contributed by atoms with E-state index in [4.69, 9.17) is 9.47 Å². The Labute approximate surface area is 152 Å². The highest BCUT2D eigenvalue weighted by Crippen LogP contribution is 2.63. The van der Waals surface area contributed by atoms with Gasteiger partial charge < -0.3 is 9.47 Å². The number of allylic oxidation sites excluding steroid dienone is 2. The van der Waals surface area contributed by atoms with Crippen LogP contribution in [0.1, 0.15) is 60.3 Å². The number of carbonyl (C=O) groups excluding carboxylic acids is 1. The summed E-state index contributed by atoms with van der Waals surface area (Å²) in [5, 5.41) is 0. The Morgan fingerprint density at radius 2 is 1.92 bits per heavy atom. The standard InChI is InChI=1S/C22H34O3/c1-14(2)15(3)7-8-16(4)17-9-10-18-19-13-20(23)25-22(19,24-6)12-11-21(17,18)5/h7-8,13-18H,9-12H2,1-6H3/b8-7+/t15-,16+,17+,18-,21+,22-/m0/s1. The fourth-order valence-corrected chi connectivity index (χ4v) is 5.45. The molecule has 25 heavy (non-hydrogen) atoms. The first-order valence-corrected chi connectivity index (χ1v) is 9.92. The van der Waals surface area contributed by atoms with Gasteiger partial charge in [-0.2, -0.15) is 0 Å². The van der Waals surface area contributed by atoms with Gasteiger partial charge in [0, 0.05) is 25.2 Å². The minimum atomic E-state index is -0.776. The summed E-state index contributed by atoms with van der Waals surface area (Å²) >= 11 is 0. The summed E-state index contributed by atoms with van der Waals surface area (Å²) in [7, 11) is 1.67. The molecule has 2 aliphatic carbocycles. The monoisotopic (exact) mass is 346 g/mol. The molecule has 2 fully saturated rings. The molecule has 0 unspecified atom stereocenters. The molecule has 6 atom stereocenters. The van der Waals surface area contributed by atoms with Gasteiger partial charge in [0.05, 0.1) is 0 Å². The number of hydrogen-bond acceptors (Lipinski definition) is 3. The highest BCUT2D eigenvalue weighted by Gasteiger charge is 2.60. The van der Waals surface area contributed by atoms with Crippen molar-refractivity contribution in [3.05, 3.63) is 23.8 Å². The van der Waals surface area contributed by atoms with Crippen molar-refractivity contribution in [2.24, 2.45) is 35.0 Å². The molecule has 0 aromatic rings. The van der Waals surface area contributed by atoms with E-state index in [-0.39, 0.29) is 11.4 Å². The van der Waals surface area contributed by atoms with Crippen molar-refractivity contribution in [3.63, 3.8) is 0 Å². The fourth-order valence-electron chi connectivity index (χ4n) is 5.45. The van der Waals surface area contributed by atoms with Crippen LogP contribution in [0.4, 0.5) is 0 Å². The first-order valence-electron chi connectivity index (χ1n) is 9.92. The summed E-state index contributed by atoms with van der Waals surface area (Å²) in [6.07, 6.45) is 10.7. The van der Waals surface area contributed by atoms with Crippen LogP contribution in [0.15, 0.2) is 23.8 Å². The molecule has 0 saturated heterocycles. The molecule has 0 aromatic heterocycles. The molecule has 0 spiro atoms. The van der Waals surface area contributed by atoms with Crippen LogP contribution in [-0.4, -0.2) is 18.9 Å². The van der Waals surface area contributed by atoms with Gasteiger partial charge in [-0.15, -0.1) is 0 Å². The second-order valence-electron chi connectivity index (χ2n) is 9.07. The van der Waals surface area contributed by atoms with Crippen LogP contribution < -0.4 is 0 Å². The minimum Gasteiger partial charge on any atom is -0.426 e. The number of esters is 1. The summed E-state index contributed by atoms with van der Waals surface area (Å²) < 4.78 is 11.3. The van der Waals surface area contributed by atoms with Gasteiger partial charge >= 0.3 is 5.97 Å². The van der Waals surface area contributed by atoms with E-state index in [0.717, 1.165) is 24.8 Å². The predicted octanol–water partition coefficient (Wildman–Crippen LogP) is 5.12. The number of carbonyl (C=O) groups is 1. The number of methoxy groups -OCH3 is 1. The van der Waals surface area contributed by atoms with Crippen LogP contribution in [0.5, 0.6) is 0 Å². The molecular weight excluding hydrogens is 312 g/mol. The van der Waals surface area contributed by atoms with Crippen molar-refractivity contribution < 1.29 is 14.3 Å². The summed E-state index contributed by atoms with van der Waals surface area (Å²) in [6, 6.07) is 0. The van der Waals surface area contributed by atoms with Gasteiger partial charge in [-0.05, 0) is 54.3 Å². The van der Waals surface area contributed by atoms with Crippen LogP contribution in [0, 0.1) is 35.0 Å². The van der Waals surface area contributed by atoms with E-state index in [1.165, 1.54) is 6.42 Å². The zero-order valence-electron chi connectivity index (χ0n) is 16.7. The van der Waals surface area contributed by atoms with Crippen LogP contribution in [0.25, 0.3) is 0 Å². The Hall–Kier alpha value is -1.09. The van der Waals surface area contributed by atoms with Crippen molar-refractivity contribution in [1.29, 1.82) is 0 Å². The van der Waals surface area contributed by atoms with Crippen molar-refractivity contribution in [2.75, 3.05) is 7.11 Å². The molecule has 3 rings (SSSR count).